The van der Waals surface area contributed by atoms with Crippen molar-refractivity contribution in [3.05, 3.63) is 60.2 Å². The van der Waals surface area contributed by atoms with Crippen LogP contribution in [-0.2, 0) is 9.53 Å². The Kier molecular flexibility index (Phi) is 3.58. The number of carbonyl (C=O) groups excluding carboxylic acids is 1. The molecule has 0 aliphatic rings. The van der Waals surface area contributed by atoms with E-state index in [9.17, 15) is 4.79 Å². The molecule has 0 aliphatic carbocycles. The Balaban J connectivity index is 1.92. The third-order valence-electron chi connectivity index (χ3n) is 4.65. The highest BCUT2D eigenvalue weighted by Gasteiger charge is 2.17. The monoisotopic (exact) mass is 317 g/mol. The largest absolute Gasteiger partial charge is 0.466 e. The highest BCUT2D eigenvalue weighted by molar-refractivity contribution is 6.23. The Bertz CT molecular complexity index is 1020. The van der Waals surface area contributed by atoms with Gasteiger partial charge in [0.25, 0.3) is 0 Å². The first kappa shape index (κ1) is 14.9. The SMILES string of the molecule is CCOC(=O)C[C@H](N)c1ccc2ccc3cccc4ccc1c2c34. The van der Waals surface area contributed by atoms with Gasteiger partial charge in [0.2, 0.25) is 0 Å². The quantitative estimate of drug-likeness (QED) is 0.444. The van der Waals surface area contributed by atoms with E-state index in [0.717, 1.165) is 10.9 Å². The molecule has 3 nitrogen and oxygen atoms in total. The number of benzene rings is 4. The highest BCUT2D eigenvalue weighted by Crippen LogP contribution is 2.37. The third kappa shape index (κ3) is 2.29. The van der Waals surface area contributed by atoms with Crippen LogP contribution in [0.3, 0.4) is 0 Å². The molecule has 120 valence electrons. The smallest absolute Gasteiger partial charge is 0.307 e. The van der Waals surface area contributed by atoms with Crippen LogP contribution in [0.4, 0.5) is 0 Å². The normalized spacial score (nSPS) is 12.9. The molecule has 2 N–H and O–H groups in total. The number of hydrogen-bond acceptors (Lipinski definition) is 3. The van der Waals surface area contributed by atoms with Gasteiger partial charge in [-0.1, -0.05) is 54.6 Å². The van der Waals surface area contributed by atoms with E-state index in [-0.39, 0.29) is 18.4 Å². The fourth-order valence-corrected chi connectivity index (χ4v) is 3.59. The predicted molar refractivity (Wildman–Crippen MR) is 98.3 cm³/mol. The summed E-state index contributed by atoms with van der Waals surface area (Å²) < 4.78 is 5.04. The van der Waals surface area contributed by atoms with Gasteiger partial charge in [-0.25, -0.2) is 0 Å². The summed E-state index contributed by atoms with van der Waals surface area (Å²) in [5.41, 5.74) is 7.32. The Morgan fingerprint density at radius 3 is 2.29 bits per heavy atom. The van der Waals surface area contributed by atoms with Crippen LogP contribution < -0.4 is 5.73 Å². The van der Waals surface area contributed by atoms with Crippen LogP contribution in [0.25, 0.3) is 32.3 Å². The number of ether oxygens (including phenoxy) is 1. The van der Waals surface area contributed by atoms with Crippen LogP contribution in [0.1, 0.15) is 24.9 Å². The zero-order chi connectivity index (χ0) is 16.7. The first-order valence-corrected chi connectivity index (χ1v) is 8.26. The standard InChI is InChI=1S/C21H19NO2/c1-2-24-19(23)12-18(22)16-10-8-15-7-6-13-4-3-5-14-9-11-17(16)21(15)20(13)14/h3-11,18H,2,12,22H2,1H3/t18-/m0/s1. The van der Waals surface area contributed by atoms with Crippen molar-refractivity contribution < 1.29 is 9.53 Å². The van der Waals surface area contributed by atoms with Crippen LogP contribution >= 0.6 is 0 Å². The van der Waals surface area contributed by atoms with Crippen LogP contribution in [-0.4, -0.2) is 12.6 Å². The van der Waals surface area contributed by atoms with Crippen molar-refractivity contribution in [1.82, 2.24) is 0 Å². The van der Waals surface area contributed by atoms with Crippen LogP contribution in [0.5, 0.6) is 0 Å². The maximum absolute atomic E-state index is 11.8. The number of rotatable bonds is 4. The first-order valence-electron chi connectivity index (χ1n) is 8.26. The Hall–Kier alpha value is -2.65. The summed E-state index contributed by atoms with van der Waals surface area (Å²) in [6, 6.07) is 18.6. The second-order valence-electron chi connectivity index (χ2n) is 6.13. The average Bonchev–Trinajstić information content (AvgIpc) is 2.59. The van der Waals surface area contributed by atoms with Gasteiger partial charge in [-0.05, 0) is 44.8 Å². The van der Waals surface area contributed by atoms with Gasteiger partial charge in [0.15, 0.2) is 0 Å². The molecule has 0 aromatic heterocycles. The minimum Gasteiger partial charge on any atom is -0.466 e. The molecule has 0 bridgehead atoms. The van der Waals surface area contributed by atoms with Crippen molar-refractivity contribution in [2.75, 3.05) is 6.61 Å². The number of hydrogen-bond donors (Lipinski definition) is 1. The van der Waals surface area contributed by atoms with Crippen molar-refractivity contribution in [3.63, 3.8) is 0 Å². The summed E-state index contributed by atoms with van der Waals surface area (Å²) in [6.07, 6.45) is 0.192. The second-order valence-corrected chi connectivity index (χ2v) is 6.13. The number of esters is 1. The second kappa shape index (κ2) is 5.77. The molecule has 0 fully saturated rings. The molecule has 0 aliphatic heterocycles. The fourth-order valence-electron chi connectivity index (χ4n) is 3.59. The van der Waals surface area contributed by atoms with Gasteiger partial charge in [0.05, 0.1) is 13.0 Å². The molecule has 0 spiro atoms. The van der Waals surface area contributed by atoms with E-state index in [1.807, 2.05) is 6.07 Å². The highest BCUT2D eigenvalue weighted by atomic mass is 16.5. The molecule has 0 radical (unpaired) electrons. The summed E-state index contributed by atoms with van der Waals surface area (Å²) in [4.78, 5) is 11.8. The number of carbonyl (C=O) groups is 1. The lowest BCUT2D eigenvalue weighted by Crippen LogP contribution is -2.17. The maximum Gasteiger partial charge on any atom is 0.307 e. The maximum atomic E-state index is 11.8. The Labute approximate surface area is 140 Å². The first-order chi connectivity index (χ1) is 11.7. The van der Waals surface area contributed by atoms with E-state index >= 15 is 0 Å². The summed E-state index contributed by atoms with van der Waals surface area (Å²) >= 11 is 0. The van der Waals surface area contributed by atoms with Crippen LogP contribution in [0.2, 0.25) is 0 Å². The Morgan fingerprint density at radius 1 is 0.958 bits per heavy atom. The van der Waals surface area contributed by atoms with Crippen molar-refractivity contribution in [2.24, 2.45) is 5.73 Å². The van der Waals surface area contributed by atoms with E-state index in [1.54, 1.807) is 6.92 Å². The number of nitrogens with two attached hydrogens (primary N) is 1. The molecule has 1 atom stereocenters. The predicted octanol–water partition coefficient (Wildman–Crippen LogP) is 4.54. The van der Waals surface area contributed by atoms with E-state index < -0.39 is 0 Å². The molecule has 0 saturated carbocycles. The molecule has 0 heterocycles. The molecule has 0 saturated heterocycles. The van der Waals surface area contributed by atoms with Crippen LogP contribution in [0.15, 0.2) is 54.6 Å². The Morgan fingerprint density at radius 2 is 1.58 bits per heavy atom. The van der Waals surface area contributed by atoms with Gasteiger partial charge >= 0.3 is 5.97 Å². The summed E-state index contributed by atoms with van der Waals surface area (Å²) in [7, 11) is 0. The lowest BCUT2D eigenvalue weighted by Gasteiger charge is -2.17. The molecular formula is C21H19NO2. The van der Waals surface area contributed by atoms with E-state index in [2.05, 4.69) is 48.5 Å². The lowest BCUT2D eigenvalue weighted by atomic mass is 9.89. The topological polar surface area (TPSA) is 52.3 Å². The van der Waals surface area contributed by atoms with Crippen molar-refractivity contribution in [3.8, 4) is 0 Å². The van der Waals surface area contributed by atoms with Gasteiger partial charge in [0.1, 0.15) is 0 Å². The minimum atomic E-state index is -0.367. The van der Waals surface area contributed by atoms with Gasteiger partial charge in [-0.15, -0.1) is 0 Å². The zero-order valence-corrected chi connectivity index (χ0v) is 13.6. The third-order valence-corrected chi connectivity index (χ3v) is 4.65. The summed E-state index contributed by atoms with van der Waals surface area (Å²) in [5, 5.41) is 7.25. The molecular weight excluding hydrogens is 298 g/mol. The lowest BCUT2D eigenvalue weighted by molar-refractivity contribution is -0.143. The summed E-state index contributed by atoms with van der Waals surface area (Å²) in [5.74, 6) is -0.254. The van der Waals surface area contributed by atoms with Gasteiger partial charge in [0, 0.05) is 6.04 Å². The van der Waals surface area contributed by atoms with Crippen molar-refractivity contribution in [2.45, 2.75) is 19.4 Å². The fraction of sp³-hybridized carbons (Fsp3) is 0.190. The zero-order valence-electron chi connectivity index (χ0n) is 13.6. The minimum absolute atomic E-state index is 0.192. The van der Waals surface area contributed by atoms with E-state index in [1.165, 1.54) is 26.9 Å². The molecule has 4 rings (SSSR count). The molecule has 0 unspecified atom stereocenters. The molecule has 4 aromatic carbocycles. The van der Waals surface area contributed by atoms with Gasteiger partial charge in [-0.3, -0.25) is 4.79 Å². The van der Waals surface area contributed by atoms with E-state index in [4.69, 9.17) is 10.5 Å². The van der Waals surface area contributed by atoms with E-state index in [0.29, 0.717) is 6.61 Å². The summed E-state index contributed by atoms with van der Waals surface area (Å²) in [6.45, 7) is 2.18. The average molecular weight is 317 g/mol. The van der Waals surface area contributed by atoms with Gasteiger partial charge in [-0.2, -0.15) is 0 Å². The molecule has 24 heavy (non-hydrogen) atoms. The van der Waals surface area contributed by atoms with Crippen LogP contribution in [0, 0.1) is 0 Å². The van der Waals surface area contributed by atoms with Gasteiger partial charge < -0.3 is 10.5 Å². The van der Waals surface area contributed by atoms with Crippen molar-refractivity contribution in [1.29, 1.82) is 0 Å². The molecule has 0 amide bonds. The van der Waals surface area contributed by atoms with Crippen molar-refractivity contribution >= 4 is 38.3 Å². The molecule has 4 aromatic rings. The molecule has 3 heteroatoms.